The van der Waals surface area contributed by atoms with E-state index in [-0.39, 0.29) is 10.5 Å². The van der Waals surface area contributed by atoms with Crippen molar-refractivity contribution in [1.29, 1.82) is 0 Å². The number of aldehydes is 1. The van der Waals surface area contributed by atoms with Crippen LogP contribution in [0.1, 0.15) is 25.0 Å². The van der Waals surface area contributed by atoms with Crippen molar-refractivity contribution in [2.75, 3.05) is 0 Å². The number of rotatable bonds is 3. The Labute approximate surface area is 144 Å². The quantitative estimate of drug-likeness (QED) is 0.684. The second-order valence-corrected chi connectivity index (χ2v) is 6.42. The Kier molecular flexibility index (Phi) is 3.85. The predicted molar refractivity (Wildman–Crippen MR) is 96.1 cm³/mol. The van der Waals surface area contributed by atoms with Crippen molar-refractivity contribution in [2.45, 2.75) is 19.4 Å². The van der Waals surface area contributed by atoms with Crippen LogP contribution in [0.15, 0.2) is 53.0 Å². The molecule has 2 aromatic rings. The molecule has 1 aliphatic rings. The normalized spacial score (nSPS) is 15.4. The van der Waals surface area contributed by atoms with Gasteiger partial charge in [0.05, 0.1) is 11.3 Å². The molecule has 1 aliphatic heterocycles. The summed E-state index contributed by atoms with van der Waals surface area (Å²) in [6, 6.07) is 10.1. The Morgan fingerprint density at radius 1 is 1.29 bits per heavy atom. The van der Waals surface area contributed by atoms with Crippen LogP contribution in [0.3, 0.4) is 0 Å². The molecule has 1 aromatic heterocycles. The van der Waals surface area contributed by atoms with Gasteiger partial charge in [0.1, 0.15) is 16.3 Å². The topological polar surface area (TPSA) is 74.3 Å². The highest BCUT2D eigenvalue weighted by Gasteiger charge is 2.36. The van der Waals surface area contributed by atoms with Crippen LogP contribution < -0.4 is 16.0 Å². The lowest BCUT2D eigenvalue weighted by Crippen LogP contribution is -2.38. The summed E-state index contributed by atoms with van der Waals surface area (Å²) >= 11 is 5.03. The van der Waals surface area contributed by atoms with Crippen LogP contribution in [0.5, 0.6) is 5.75 Å². The first-order valence-electron chi connectivity index (χ1n) is 7.36. The van der Waals surface area contributed by atoms with Crippen molar-refractivity contribution >= 4 is 29.2 Å². The number of nitrogens with zero attached hydrogens (tertiary/aromatic N) is 1. The van der Waals surface area contributed by atoms with E-state index in [4.69, 9.17) is 22.7 Å². The van der Waals surface area contributed by atoms with Crippen LogP contribution in [0.4, 0.5) is 0 Å². The molecule has 5 nitrogen and oxygen atoms in total. The number of aromatic nitrogens is 1. The highest BCUT2D eigenvalue weighted by molar-refractivity contribution is 7.80. The molecule has 0 amide bonds. The van der Waals surface area contributed by atoms with Gasteiger partial charge in [-0.25, -0.2) is 0 Å². The zero-order chi connectivity index (χ0) is 17.5. The summed E-state index contributed by atoms with van der Waals surface area (Å²) in [6.07, 6.45) is 2.35. The van der Waals surface area contributed by atoms with Crippen LogP contribution in [0.2, 0.25) is 0 Å². The molecule has 0 unspecified atom stereocenters. The molecule has 0 aliphatic carbocycles. The van der Waals surface area contributed by atoms with Gasteiger partial charge in [-0.15, -0.1) is 0 Å². The average Bonchev–Trinajstić information content (AvgIpc) is 2.53. The largest absolute Gasteiger partial charge is 0.482 e. The molecule has 0 saturated heterocycles. The van der Waals surface area contributed by atoms with Crippen LogP contribution in [0.25, 0.3) is 5.70 Å². The van der Waals surface area contributed by atoms with Crippen molar-refractivity contribution in [3.63, 3.8) is 0 Å². The van der Waals surface area contributed by atoms with Crippen molar-refractivity contribution in [1.82, 2.24) is 4.57 Å². The molecule has 1 aromatic carbocycles. The Bertz CT molecular complexity index is 941. The first-order valence-corrected chi connectivity index (χ1v) is 7.77. The maximum atomic E-state index is 12.3. The van der Waals surface area contributed by atoms with Crippen molar-refractivity contribution < 1.29 is 9.53 Å². The van der Waals surface area contributed by atoms with E-state index in [1.807, 2.05) is 0 Å². The number of carbonyl (C=O) groups excluding carboxylic acids is 1. The van der Waals surface area contributed by atoms with Gasteiger partial charge in [-0.1, -0.05) is 18.3 Å². The lowest BCUT2D eigenvalue weighted by atomic mass is 9.89. The second kappa shape index (κ2) is 5.72. The molecule has 24 heavy (non-hydrogen) atoms. The number of thiocarbonyl (C=S) groups is 1. The summed E-state index contributed by atoms with van der Waals surface area (Å²) in [5, 5.41) is 0. The van der Waals surface area contributed by atoms with E-state index in [0.717, 1.165) is 6.29 Å². The molecule has 0 saturated carbocycles. The molecule has 2 heterocycles. The first-order chi connectivity index (χ1) is 11.3. The number of nitrogens with two attached hydrogens (primary N) is 1. The Morgan fingerprint density at radius 2 is 2.04 bits per heavy atom. The highest BCUT2D eigenvalue weighted by atomic mass is 32.1. The van der Waals surface area contributed by atoms with E-state index in [9.17, 15) is 9.59 Å². The Balaban J connectivity index is 2.41. The number of hydrogen-bond donors (Lipinski definition) is 1. The molecule has 0 atom stereocenters. The fourth-order valence-corrected chi connectivity index (χ4v) is 2.91. The molecule has 122 valence electrons. The third kappa shape index (κ3) is 2.55. The number of pyridine rings is 1. The van der Waals surface area contributed by atoms with Gasteiger partial charge in [-0.3, -0.25) is 14.2 Å². The molecule has 0 bridgehead atoms. The minimum atomic E-state index is -0.871. The van der Waals surface area contributed by atoms with E-state index in [1.54, 1.807) is 50.4 Å². The summed E-state index contributed by atoms with van der Waals surface area (Å²) < 4.78 is 7.40. The van der Waals surface area contributed by atoms with Crippen molar-refractivity contribution in [3.05, 3.63) is 69.6 Å². The number of ether oxygens (including phenoxy) is 1. The van der Waals surface area contributed by atoms with Gasteiger partial charge in [0.15, 0.2) is 6.29 Å². The molecule has 0 radical (unpaired) electrons. The fraction of sp³-hybridized carbons (Fsp3) is 0.167. The van der Waals surface area contributed by atoms with Crippen LogP contribution in [0, 0.1) is 0 Å². The Hall–Kier alpha value is -2.73. The molecule has 3 rings (SSSR count). The standard InChI is InChI=1S/C18H16N2O3S/c1-18(2)13(10-21)16(20-8-4-3-5-15(20)22)12-9-11(17(19)24)6-7-14(12)23-18/h3-10H,1-2H3,(H2,19,24). The van der Waals surface area contributed by atoms with Crippen molar-refractivity contribution in [2.24, 2.45) is 5.73 Å². The third-order valence-electron chi connectivity index (χ3n) is 3.97. The van der Waals surface area contributed by atoms with E-state index < -0.39 is 5.60 Å². The fourth-order valence-electron chi connectivity index (χ4n) is 2.79. The summed E-state index contributed by atoms with van der Waals surface area (Å²) in [4.78, 5) is 24.4. The zero-order valence-electron chi connectivity index (χ0n) is 13.3. The molecular weight excluding hydrogens is 324 g/mol. The SMILES string of the molecule is CC1(C)Oc2ccc(C(N)=S)cc2C(n2ccccc2=O)=C1C=O. The van der Waals surface area contributed by atoms with Crippen molar-refractivity contribution in [3.8, 4) is 5.75 Å². The smallest absolute Gasteiger partial charge is 0.255 e. The highest BCUT2D eigenvalue weighted by Crippen LogP contribution is 2.40. The van der Waals surface area contributed by atoms with Gasteiger partial charge in [0.25, 0.3) is 5.56 Å². The molecule has 0 spiro atoms. The molecular formula is C18H16N2O3S. The maximum Gasteiger partial charge on any atom is 0.255 e. The summed E-state index contributed by atoms with van der Waals surface area (Å²) in [5.74, 6) is 0.566. The van der Waals surface area contributed by atoms with E-state index in [2.05, 4.69) is 0 Å². The van der Waals surface area contributed by atoms with Gasteiger partial charge >= 0.3 is 0 Å². The third-order valence-corrected chi connectivity index (χ3v) is 4.21. The number of hydrogen-bond acceptors (Lipinski definition) is 4. The summed E-state index contributed by atoms with van der Waals surface area (Å²) in [5.41, 5.74) is 6.72. The predicted octanol–water partition coefficient (Wildman–Crippen LogP) is 2.11. The first kappa shape index (κ1) is 16.1. The molecule has 0 fully saturated rings. The van der Waals surface area contributed by atoms with Gasteiger partial charge < -0.3 is 10.5 Å². The monoisotopic (exact) mass is 340 g/mol. The van der Waals surface area contributed by atoms with Crippen LogP contribution in [-0.2, 0) is 4.79 Å². The van der Waals surface area contributed by atoms with E-state index >= 15 is 0 Å². The van der Waals surface area contributed by atoms with Crippen LogP contribution in [-0.4, -0.2) is 21.4 Å². The minimum Gasteiger partial charge on any atom is -0.482 e. The summed E-state index contributed by atoms with van der Waals surface area (Å²) in [6.45, 7) is 3.57. The lowest BCUT2D eigenvalue weighted by Gasteiger charge is -2.35. The Morgan fingerprint density at radius 3 is 2.67 bits per heavy atom. The van der Waals surface area contributed by atoms with Gasteiger partial charge in [-0.2, -0.15) is 0 Å². The average molecular weight is 340 g/mol. The lowest BCUT2D eigenvalue weighted by molar-refractivity contribution is -0.106. The van der Waals surface area contributed by atoms with Gasteiger partial charge in [0.2, 0.25) is 0 Å². The van der Waals surface area contributed by atoms with Gasteiger partial charge in [-0.05, 0) is 38.1 Å². The number of benzene rings is 1. The van der Waals surface area contributed by atoms with Gasteiger partial charge in [0, 0.05) is 23.4 Å². The number of fused-ring (bicyclic) bond motifs is 1. The minimum absolute atomic E-state index is 0.232. The maximum absolute atomic E-state index is 12.3. The second-order valence-electron chi connectivity index (χ2n) is 5.98. The van der Waals surface area contributed by atoms with E-state index in [0.29, 0.717) is 28.1 Å². The molecule has 2 N–H and O–H groups in total. The zero-order valence-corrected chi connectivity index (χ0v) is 14.1. The number of carbonyl (C=O) groups is 1. The van der Waals surface area contributed by atoms with E-state index in [1.165, 1.54) is 10.6 Å². The van der Waals surface area contributed by atoms with Crippen LogP contribution >= 0.6 is 12.2 Å². The molecule has 6 heteroatoms. The summed E-state index contributed by atoms with van der Waals surface area (Å²) in [7, 11) is 0.